The van der Waals surface area contributed by atoms with Crippen molar-refractivity contribution in [1.29, 1.82) is 0 Å². The summed E-state index contributed by atoms with van der Waals surface area (Å²) in [5, 5.41) is 14.3. The summed E-state index contributed by atoms with van der Waals surface area (Å²) in [6, 6.07) is 11.0. The summed E-state index contributed by atoms with van der Waals surface area (Å²) in [6.45, 7) is 7.77. The third-order valence-corrected chi connectivity index (χ3v) is 6.50. The number of aryl methyl sites for hydroxylation is 1. The molecule has 0 saturated carbocycles. The number of nitrogens with one attached hydrogen (secondary N) is 1. The van der Waals surface area contributed by atoms with Crippen molar-refractivity contribution < 1.29 is 5.11 Å². The molecule has 4 rings (SSSR count). The number of fused-ring (bicyclic) bond motifs is 1. The van der Waals surface area contributed by atoms with Crippen molar-refractivity contribution in [2.45, 2.75) is 38.4 Å². The van der Waals surface area contributed by atoms with Crippen molar-refractivity contribution in [2.75, 3.05) is 19.7 Å². The van der Waals surface area contributed by atoms with Crippen LogP contribution in [0.4, 0.5) is 0 Å². The molecular formula is C22H32N4O. The van der Waals surface area contributed by atoms with Gasteiger partial charge in [0, 0.05) is 38.4 Å². The molecule has 0 aliphatic carbocycles. The maximum absolute atomic E-state index is 10.5. The van der Waals surface area contributed by atoms with Gasteiger partial charge in [-0.2, -0.15) is 0 Å². The molecular weight excluding hydrogens is 336 g/mol. The summed E-state index contributed by atoms with van der Waals surface area (Å²) < 4.78 is 2.12. The molecule has 0 unspecified atom stereocenters. The monoisotopic (exact) mass is 368 g/mol. The van der Waals surface area contributed by atoms with Gasteiger partial charge in [0.2, 0.25) is 0 Å². The van der Waals surface area contributed by atoms with Gasteiger partial charge in [0.05, 0.1) is 24.7 Å². The average molecular weight is 369 g/mol. The number of hydrogen-bond acceptors (Lipinski definition) is 4. The maximum atomic E-state index is 10.5. The molecule has 2 fully saturated rings. The Labute approximate surface area is 162 Å². The lowest BCUT2D eigenvalue weighted by atomic mass is 9.76. The lowest BCUT2D eigenvalue weighted by Crippen LogP contribution is -2.51. The number of imidazole rings is 1. The third-order valence-electron chi connectivity index (χ3n) is 6.50. The van der Waals surface area contributed by atoms with Gasteiger partial charge in [-0.3, -0.25) is 4.90 Å². The van der Waals surface area contributed by atoms with E-state index in [1.165, 1.54) is 11.3 Å². The number of aliphatic hydroxyl groups excluding tert-OH is 1. The fourth-order valence-electron chi connectivity index (χ4n) is 5.46. The molecule has 0 amide bonds. The molecule has 0 spiro atoms. The predicted octanol–water partition coefficient (Wildman–Crippen LogP) is 2.59. The minimum Gasteiger partial charge on any atom is -0.394 e. The summed E-state index contributed by atoms with van der Waals surface area (Å²) in [6.07, 6.45) is 4.86. The smallest absolute Gasteiger partial charge is 0.0946 e. The molecule has 1 aromatic heterocycles. The van der Waals surface area contributed by atoms with E-state index in [1.807, 2.05) is 12.5 Å². The first-order valence-corrected chi connectivity index (χ1v) is 10.1. The van der Waals surface area contributed by atoms with Crippen LogP contribution in [0.1, 0.15) is 37.6 Å². The van der Waals surface area contributed by atoms with Crippen molar-refractivity contribution >= 4 is 0 Å². The first-order valence-electron chi connectivity index (χ1n) is 10.1. The van der Waals surface area contributed by atoms with Gasteiger partial charge in [0.25, 0.3) is 0 Å². The van der Waals surface area contributed by atoms with E-state index in [0.717, 1.165) is 26.1 Å². The summed E-state index contributed by atoms with van der Waals surface area (Å²) >= 11 is 0. The first-order chi connectivity index (χ1) is 13.0. The van der Waals surface area contributed by atoms with E-state index in [-0.39, 0.29) is 18.2 Å². The van der Waals surface area contributed by atoms with Crippen LogP contribution < -0.4 is 5.32 Å². The molecule has 0 bridgehead atoms. The largest absolute Gasteiger partial charge is 0.394 e. The molecule has 4 atom stereocenters. The Morgan fingerprint density at radius 3 is 2.67 bits per heavy atom. The van der Waals surface area contributed by atoms with Gasteiger partial charge in [-0.1, -0.05) is 44.2 Å². The van der Waals surface area contributed by atoms with Crippen LogP contribution in [0.25, 0.3) is 0 Å². The highest BCUT2D eigenvalue weighted by molar-refractivity contribution is 5.21. The van der Waals surface area contributed by atoms with Crippen LogP contribution in [0, 0.1) is 17.8 Å². The van der Waals surface area contributed by atoms with Crippen LogP contribution in [0.5, 0.6) is 0 Å². The molecule has 0 radical (unpaired) electrons. The van der Waals surface area contributed by atoms with E-state index in [0.29, 0.717) is 17.8 Å². The number of nitrogens with zero attached hydrogens (tertiary/aromatic N) is 3. The molecule has 3 heterocycles. The lowest BCUT2D eigenvalue weighted by molar-refractivity contribution is 0.106. The Morgan fingerprint density at radius 1 is 1.26 bits per heavy atom. The highest BCUT2D eigenvalue weighted by Gasteiger charge is 2.57. The van der Waals surface area contributed by atoms with Gasteiger partial charge in [0.15, 0.2) is 0 Å². The average Bonchev–Trinajstić information content (AvgIpc) is 3.32. The molecule has 5 heteroatoms. The van der Waals surface area contributed by atoms with Crippen molar-refractivity contribution in [3.05, 3.63) is 54.1 Å². The van der Waals surface area contributed by atoms with Crippen LogP contribution in [0.3, 0.4) is 0 Å². The number of rotatable bonds is 6. The summed E-state index contributed by atoms with van der Waals surface area (Å²) in [5.41, 5.74) is 2.38. The zero-order valence-corrected chi connectivity index (χ0v) is 16.7. The van der Waals surface area contributed by atoms with E-state index in [4.69, 9.17) is 0 Å². The molecule has 27 heavy (non-hydrogen) atoms. The summed E-state index contributed by atoms with van der Waals surface area (Å²) in [5.74, 6) is 1.49. The number of aromatic nitrogens is 2. The van der Waals surface area contributed by atoms with Crippen molar-refractivity contribution in [3.63, 3.8) is 0 Å². The standard InChI is InChI=1S/C22H32N4O/c1-16(2)9-22(14-27)19-13-26(11-17-7-5-4-6-8-17)12-18(19)21(24-22)20-10-23-15-25(20)3/h4-8,10,15-16,18-19,21,24,27H,9,11-14H2,1-3H3/t18-,19+,21+,22+/m0/s1. The van der Waals surface area contributed by atoms with Crippen LogP contribution in [-0.4, -0.2) is 44.8 Å². The zero-order valence-electron chi connectivity index (χ0n) is 16.7. The SMILES string of the molecule is CC(C)C[C@]1(CO)N[C@@H](c2cncn2C)[C@H]2CN(Cc3ccccc3)C[C@H]21. The maximum Gasteiger partial charge on any atom is 0.0946 e. The first kappa shape index (κ1) is 18.7. The van der Waals surface area contributed by atoms with Gasteiger partial charge in [0.1, 0.15) is 0 Å². The summed E-state index contributed by atoms with van der Waals surface area (Å²) in [4.78, 5) is 6.92. The molecule has 2 N–H and O–H groups in total. The van der Waals surface area contributed by atoms with Crippen molar-refractivity contribution in [3.8, 4) is 0 Å². The Kier molecular flexibility index (Phi) is 5.10. The van der Waals surface area contributed by atoms with Crippen molar-refractivity contribution in [2.24, 2.45) is 24.8 Å². The molecule has 2 aromatic rings. The van der Waals surface area contributed by atoms with E-state index in [9.17, 15) is 5.11 Å². The lowest BCUT2D eigenvalue weighted by Gasteiger charge is -2.36. The Bertz CT molecular complexity index is 759. The molecule has 1 aromatic carbocycles. The Balaban J connectivity index is 1.62. The van der Waals surface area contributed by atoms with Crippen LogP contribution in [0.2, 0.25) is 0 Å². The predicted molar refractivity (Wildman–Crippen MR) is 107 cm³/mol. The van der Waals surface area contributed by atoms with Gasteiger partial charge in [-0.15, -0.1) is 0 Å². The van der Waals surface area contributed by atoms with Gasteiger partial charge >= 0.3 is 0 Å². The summed E-state index contributed by atoms with van der Waals surface area (Å²) in [7, 11) is 2.07. The number of benzene rings is 1. The van der Waals surface area contributed by atoms with Gasteiger partial charge < -0.3 is 15.0 Å². The minimum atomic E-state index is -0.209. The van der Waals surface area contributed by atoms with E-state index in [1.54, 1.807) is 0 Å². The molecule has 2 aliphatic rings. The second-order valence-electron chi connectivity index (χ2n) is 8.91. The molecule has 2 saturated heterocycles. The van der Waals surface area contributed by atoms with E-state index < -0.39 is 0 Å². The topological polar surface area (TPSA) is 53.3 Å². The third kappa shape index (κ3) is 3.44. The van der Waals surface area contributed by atoms with E-state index >= 15 is 0 Å². The fourth-order valence-corrected chi connectivity index (χ4v) is 5.46. The Hall–Kier alpha value is -1.69. The van der Waals surface area contributed by atoms with Crippen molar-refractivity contribution in [1.82, 2.24) is 19.8 Å². The van der Waals surface area contributed by atoms with Crippen LogP contribution >= 0.6 is 0 Å². The Morgan fingerprint density at radius 2 is 2.04 bits per heavy atom. The number of hydrogen-bond donors (Lipinski definition) is 2. The zero-order chi connectivity index (χ0) is 19.0. The second kappa shape index (κ2) is 7.38. The minimum absolute atomic E-state index is 0.194. The molecule has 5 nitrogen and oxygen atoms in total. The number of likely N-dealkylation sites (tertiary alicyclic amines) is 1. The quantitative estimate of drug-likeness (QED) is 0.823. The highest BCUT2D eigenvalue weighted by Crippen LogP contribution is 2.49. The molecule has 146 valence electrons. The second-order valence-corrected chi connectivity index (χ2v) is 8.91. The van der Waals surface area contributed by atoms with Crippen LogP contribution in [-0.2, 0) is 13.6 Å². The number of aliphatic hydroxyl groups is 1. The van der Waals surface area contributed by atoms with Gasteiger partial charge in [-0.25, -0.2) is 4.98 Å². The normalized spacial score (nSPS) is 30.9. The van der Waals surface area contributed by atoms with E-state index in [2.05, 4.69) is 71.0 Å². The molecule has 2 aliphatic heterocycles. The highest BCUT2D eigenvalue weighted by atomic mass is 16.3. The fraction of sp³-hybridized carbons (Fsp3) is 0.591. The van der Waals surface area contributed by atoms with Gasteiger partial charge in [-0.05, 0) is 29.7 Å². The van der Waals surface area contributed by atoms with Crippen LogP contribution in [0.15, 0.2) is 42.9 Å².